The molecule has 0 saturated carbocycles. The van der Waals surface area contributed by atoms with Crippen molar-refractivity contribution in [3.8, 4) is 0 Å². The highest BCUT2D eigenvalue weighted by atomic mass is 35.5. The lowest BCUT2D eigenvalue weighted by Gasteiger charge is -2.06. The predicted octanol–water partition coefficient (Wildman–Crippen LogP) is 2.99. The average molecular weight is 254 g/mol. The van der Waals surface area contributed by atoms with Gasteiger partial charge in [-0.15, -0.1) is 0 Å². The largest absolute Gasteiger partial charge is 0.461 e. The van der Waals surface area contributed by atoms with Crippen LogP contribution in [0, 0.1) is 5.95 Å². The van der Waals surface area contributed by atoms with Gasteiger partial charge in [-0.05, 0) is 13.0 Å². The van der Waals surface area contributed by atoms with E-state index in [1.165, 1.54) is 6.92 Å². The molecule has 1 heterocycles. The Hall–Kier alpha value is -1.30. The summed E-state index contributed by atoms with van der Waals surface area (Å²) in [6.45, 7) is 1.59. The Bertz CT molecular complexity index is 412. The van der Waals surface area contributed by atoms with Crippen molar-refractivity contribution in [1.29, 1.82) is 0 Å². The number of carbonyl (C=O) groups is 1. The Balaban J connectivity index is 3.15. The van der Waals surface area contributed by atoms with E-state index < -0.39 is 29.6 Å². The van der Waals surface area contributed by atoms with Gasteiger partial charge >= 0.3 is 5.97 Å². The summed E-state index contributed by atoms with van der Waals surface area (Å²) in [6.07, 6.45) is -3.04. The first-order valence-corrected chi connectivity index (χ1v) is 4.66. The lowest BCUT2D eigenvalue weighted by atomic mass is 10.2. The van der Waals surface area contributed by atoms with E-state index in [1.54, 1.807) is 0 Å². The molecule has 0 spiro atoms. The van der Waals surface area contributed by atoms with Crippen LogP contribution in [-0.4, -0.2) is 17.6 Å². The molecule has 0 atom stereocenters. The Morgan fingerprint density at radius 2 is 2.25 bits per heavy atom. The van der Waals surface area contributed by atoms with Crippen molar-refractivity contribution < 1.29 is 22.7 Å². The zero-order chi connectivity index (χ0) is 12.3. The summed E-state index contributed by atoms with van der Waals surface area (Å²) < 4.78 is 42.0. The number of carbonyl (C=O) groups excluding carboxylic acids is 1. The van der Waals surface area contributed by atoms with Crippen LogP contribution in [0.4, 0.5) is 13.2 Å². The van der Waals surface area contributed by atoms with Gasteiger partial charge in [0.25, 0.3) is 6.43 Å². The molecule has 0 N–H and O–H groups in total. The van der Waals surface area contributed by atoms with E-state index in [2.05, 4.69) is 9.72 Å². The highest BCUT2D eigenvalue weighted by Crippen LogP contribution is 2.26. The number of aromatic nitrogens is 1. The molecule has 88 valence electrons. The van der Waals surface area contributed by atoms with Gasteiger partial charge in [-0.3, -0.25) is 0 Å². The predicted molar refractivity (Wildman–Crippen MR) is 50.1 cm³/mol. The number of esters is 1. The van der Waals surface area contributed by atoms with Crippen LogP contribution in [0.15, 0.2) is 6.07 Å². The summed E-state index contributed by atoms with van der Waals surface area (Å²) in [5.41, 5.74) is -1.46. The van der Waals surface area contributed by atoms with Crippen LogP contribution in [0.5, 0.6) is 0 Å². The Morgan fingerprint density at radius 3 is 2.75 bits per heavy atom. The first kappa shape index (κ1) is 12.8. The zero-order valence-corrected chi connectivity index (χ0v) is 8.89. The number of halogens is 4. The number of nitrogens with zero attached hydrogens (tertiary/aromatic N) is 1. The SMILES string of the molecule is CCOC(=O)c1nc(F)c(C(F)F)cc1Cl. The molecule has 0 aliphatic carbocycles. The normalized spacial score (nSPS) is 10.6. The Morgan fingerprint density at radius 1 is 1.62 bits per heavy atom. The van der Waals surface area contributed by atoms with E-state index in [1.807, 2.05) is 0 Å². The van der Waals surface area contributed by atoms with E-state index in [4.69, 9.17) is 11.6 Å². The molecule has 1 aromatic heterocycles. The lowest BCUT2D eigenvalue weighted by molar-refractivity contribution is 0.0517. The number of hydrogen-bond acceptors (Lipinski definition) is 3. The minimum absolute atomic E-state index is 0.0507. The van der Waals surface area contributed by atoms with Gasteiger partial charge in [0.1, 0.15) is 0 Å². The van der Waals surface area contributed by atoms with E-state index in [0.717, 1.165) is 0 Å². The number of ether oxygens (including phenoxy) is 1. The molecule has 0 fully saturated rings. The molecule has 0 aromatic carbocycles. The fourth-order valence-corrected chi connectivity index (χ4v) is 1.21. The lowest BCUT2D eigenvalue weighted by Crippen LogP contribution is -2.10. The molecule has 1 rings (SSSR count). The first-order chi connectivity index (χ1) is 7.47. The summed E-state index contributed by atoms with van der Waals surface area (Å²) in [4.78, 5) is 14.2. The standard InChI is InChI=1S/C9H7ClF3NO2/c1-2-16-9(15)6-5(10)3-4(7(11)12)8(13)14-6/h3,7H,2H2,1H3. The van der Waals surface area contributed by atoms with Crippen molar-refractivity contribution >= 4 is 17.6 Å². The molecule has 0 saturated heterocycles. The zero-order valence-electron chi connectivity index (χ0n) is 8.14. The maximum atomic E-state index is 13.0. The maximum absolute atomic E-state index is 13.0. The van der Waals surface area contributed by atoms with Gasteiger partial charge in [0.15, 0.2) is 5.69 Å². The third-order valence-electron chi connectivity index (χ3n) is 1.66. The number of alkyl halides is 2. The second-order valence-electron chi connectivity index (χ2n) is 2.72. The summed E-state index contributed by atoms with van der Waals surface area (Å²) in [7, 11) is 0. The van der Waals surface area contributed by atoms with E-state index >= 15 is 0 Å². The topological polar surface area (TPSA) is 39.2 Å². The molecule has 0 unspecified atom stereocenters. The van der Waals surface area contributed by atoms with E-state index in [0.29, 0.717) is 6.07 Å². The summed E-state index contributed by atoms with van der Waals surface area (Å²) in [5.74, 6) is -2.38. The fourth-order valence-electron chi connectivity index (χ4n) is 0.976. The van der Waals surface area contributed by atoms with Gasteiger partial charge in [-0.25, -0.2) is 18.6 Å². The molecule has 0 radical (unpaired) electrons. The van der Waals surface area contributed by atoms with Gasteiger partial charge in [-0.2, -0.15) is 4.39 Å². The highest BCUT2D eigenvalue weighted by molar-refractivity contribution is 6.33. The molecule has 7 heteroatoms. The summed E-state index contributed by atoms with van der Waals surface area (Å²) in [6, 6.07) is 0.667. The molecule has 16 heavy (non-hydrogen) atoms. The smallest absolute Gasteiger partial charge is 0.358 e. The first-order valence-electron chi connectivity index (χ1n) is 4.28. The van der Waals surface area contributed by atoms with E-state index in [-0.39, 0.29) is 11.6 Å². The second-order valence-corrected chi connectivity index (χ2v) is 3.13. The van der Waals surface area contributed by atoms with Crippen molar-refractivity contribution in [3.05, 3.63) is 28.3 Å². The van der Waals surface area contributed by atoms with Gasteiger partial charge in [0.05, 0.1) is 17.2 Å². The quantitative estimate of drug-likeness (QED) is 0.614. The molecule has 3 nitrogen and oxygen atoms in total. The number of pyridine rings is 1. The molecule has 1 aromatic rings. The molecular formula is C9H7ClF3NO2. The highest BCUT2D eigenvalue weighted by Gasteiger charge is 2.21. The van der Waals surface area contributed by atoms with Crippen molar-refractivity contribution in [2.75, 3.05) is 6.61 Å². The third kappa shape index (κ3) is 2.63. The minimum atomic E-state index is -3.04. The average Bonchev–Trinajstić information content (AvgIpc) is 2.20. The van der Waals surface area contributed by atoms with Gasteiger partial charge < -0.3 is 4.74 Å². The molecular weight excluding hydrogens is 247 g/mol. The molecule has 0 aliphatic heterocycles. The van der Waals surface area contributed by atoms with Crippen LogP contribution in [0.1, 0.15) is 29.4 Å². The summed E-state index contributed by atoms with van der Waals surface area (Å²) >= 11 is 5.51. The van der Waals surface area contributed by atoms with Crippen molar-refractivity contribution in [2.45, 2.75) is 13.3 Å². The van der Waals surface area contributed by atoms with Crippen molar-refractivity contribution in [1.82, 2.24) is 4.98 Å². The Labute approximate surface area is 94.2 Å². The number of hydrogen-bond donors (Lipinski definition) is 0. The second kappa shape index (κ2) is 5.16. The monoisotopic (exact) mass is 253 g/mol. The van der Waals surface area contributed by atoms with Crippen LogP contribution in [0.3, 0.4) is 0 Å². The van der Waals surface area contributed by atoms with E-state index in [9.17, 15) is 18.0 Å². The van der Waals surface area contributed by atoms with Gasteiger partial charge in [0.2, 0.25) is 5.95 Å². The molecule has 0 amide bonds. The maximum Gasteiger partial charge on any atom is 0.358 e. The van der Waals surface area contributed by atoms with Crippen LogP contribution in [0.2, 0.25) is 5.02 Å². The third-order valence-corrected chi connectivity index (χ3v) is 1.95. The minimum Gasteiger partial charge on any atom is -0.461 e. The number of rotatable bonds is 3. The van der Waals surface area contributed by atoms with Crippen molar-refractivity contribution in [3.63, 3.8) is 0 Å². The van der Waals surface area contributed by atoms with Crippen LogP contribution in [0.25, 0.3) is 0 Å². The van der Waals surface area contributed by atoms with Gasteiger partial charge in [-0.1, -0.05) is 11.6 Å². The van der Waals surface area contributed by atoms with Crippen LogP contribution < -0.4 is 0 Å². The van der Waals surface area contributed by atoms with Crippen molar-refractivity contribution in [2.24, 2.45) is 0 Å². The molecule has 0 aliphatic rings. The van der Waals surface area contributed by atoms with Crippen LogP contribution in [-0.2, 0) is 4.74 Å². The van der Waals surface area contributed by atoms with Gasteiger partial charge in [0, 0.05) is 0 Å². The van der Waals surface area contributed by atoms with Crippen LogP contribution >= 0.6 is 11.6 Å². The summed E-state index contributed by atoms with van der Waals surface area (Å²) in [5, 5.41) is -0.366. The fraction of sp³-hybridized carbons (Fsp3) is 0.333. The Kier molecular flexibility index (Phi) is 4.12. The molecule has 0 bridgehead atoms.